The molecule has 0 bridgehead atoms. The van der Waals surface area contributed by atoms with Gasteiger partial charge in [0.2, 0.25) is 0 Å². The first-order valence-corrected chi connectivity index (χ1v) is 18.1. The van der Waals surface area contributed by atoms with Crippen molar-refractivity contribution in [2.24, 2.45) is 11.8 Å². The van der Waals surface area contributed by atoms with E-state index >= 15 is 0 Å². The average molecular weight is 674 g/mol. The van der Waals surface area contributed by atoms with Gasteiger partial charge >= 0.3 is 5.97 Å². The van der Waals surface area contributed by atoms with Crippen LogP contribution in [0.4, 0.5) is 5.69 Å². The van der Waals surface area contributed by atoms with Crippen LogP contribution in [0.1, 0.15) is 87.1 Å². The number of hydrogen-bond acceptors (Lipinski definition) is 7. The van der Waals surface area contributed by atoms with Crippen molar-refractivity contribution in [2.75, 3.05) is 32.1 Å². The van der Waals surface area contributed by atoms with Gasteiger partial charge in [0.25, 0.3) is 0 Å². The first-order valence-electron chi connectivity index (χ1n) is 17.7. The summed E-state index contributed by atoms with van der Waals surface area (Å²) in [4.78, 5) is 17.6. The van der Waals surface area contributed by atoms with Crippen molar-refractivity contribution < 1.29 is 24.1 Å². The van der Waals surface area contributed by atoms with Crippen molar-refractivity contribution >= 4 is 23.3 Å². The smallest absolute Gasteiger partial charge is 0.329 e. The van der Waals surface area contributed by atoms with E-state index in [1.807, 2.05) is 31.4 Å². The van der Waals surface area contributed by atoms with Crippen LogP contribution in [0.15, 0.2) is 48.7 Å². The number of halogens is 1. The van der Waals surface area contributed by atoms with E-state index in [9.17, 15) is 9.90 Å². The third-order valence-electron chi connectivity index (χ3n) is 11.5. The van der Waals surface area contributed by atoms with Gasteiger partial charge in [0.05, 0.1) is 6.61 Å². The normalized spacial score (nSPS) is 28.0. The molecule has 256 valence electrons. The van der Waals surface area contributed by atoms with Gasteiger partial charge in [0.15, 0.2) is 11.5 Å². The molecule has 7 rings (SSSR count). The lowest BCUT2D eigenvalue weighted by Gasteiger charge is -2.47. The summed E-state index contributed by atoms with van der Waals surface area (Å²) < 4.78 is 19.2. The molecule has 2 heterocycles. The number of fused-ring (bicyclic) bond motifs is 4. The number of ether oxygens (including phenoxy) is 3. The lowest BCUT2D eigenvalue weighted by atomic mass is 9.59. The zero-order valence-electron chi connectivity index (χ0n) is 28.3. The molecule has 0 amide bonds. The molecular formula is C39H48ClN3O5. The summed E-state index contributed by atoms with van der Waals surface area (Å²) in [6, 6.07) is 13.8. The molecule has 0 unspecified atom stereocenters. The van der Waals surface area contributed by atoms with Gasteiger partial charge in [0.1, 0.15) is 24.0 Å². The number of anilines is 1. The van der Waals surface area contributed by atoms with Gasteiger partial charge in [0, 0.05) is 34.7 Å². The highest BCUT2D eigenvalue weighted by molar-refractivity contribution is 6.30. The van der Waals surface area contributed by atoms with Gasteiger partial charge in [-0.15, -0.1) is 0 Å². The Hall–Kier alpha value is -3.49. The maximum absolute atomic E-state index is 12.9. The zero-order chi connectivity index (χ0) is 33.5. The number of carbonyl (C=O) groups is 1. The summed E-state index contributed by atoms with van der Waals surface area (Å²) in [7, 11) is 1.92. The van der Waals surface area contributed by atoms with E-state index in [2.05, 4.69) is 41.6 Å². The summed E-state index contributed by atoms with van der Waals surface area (Å²) in [5.41, 5.74) is 4.56. The molecule has 1 aromatic heterocycles. The molecule has 1 spiro atoms. The van der Waals surface area contributed by atoms with E-state index in [0.717, 1.165) is 55.0 Å². The molecule has 3 aliphatic carbocycles. The van der Waals surface area contributed by atoms with Crippen LogP contribution in [-0.4, -0.2) is 54.5 Å². The number of rotatable bonds is 10. The SMILES string of the molecule is CNC[C@@H]1COc2cc3c(cc2O1)C1(CCC(Nc2cccc(Cl)c2)(C(=O)O)CC1)[C@@H](C[C@@H](C)COc1ccnc2c1[C@H](C)CCC2)C3. The van der Waals surface area contributed by atoms with Crippen molar-refractivity contribution in [1.29, 1.82) is 0 Å². The van der Waals surface area contributed by atoms with Crippen molar-refractivity contribution in [3.8, 4) is 17.2 Å². The second-order valence-electron chi connectivity index (χ2n) is 14.8. The van der Waals surface area contributed by atoms with E-state index in [1.165, 1.54) is 35.2 Å². The molecule has 4 aliphatic rings. The molecule has 3 N–H and O–H groups in total. The van der Waals surface area contributed by atoms with Crippen molar-refractivity contribution in [3.05, 3.63) is 76.1 Å². The average Bonchev–Trinajstić information content (AvgIpc) is 3.34. The fourth-order valence-electron chi connectivity index (χ4n) is 9.04. The fourth-order valence-corrected chi connectivity index (χ4v) is 9.23. The molecular weight excluding hydrogens is 626 g/mol. The second kappa shape index (κ2) is 13.4. The number of aryl methyl sites for hydroxylation is 1. The summed E-state index contributed by atoms with van der Waals surface area (Å²) >= 11 is 6.28. The summed E-state index contributed by atoms with van der Waals surface area (Å²) in [5, 5.41) is 17.8. The standard InChI is InChI=1S/C39H48ClN3O5/c1-24(22-46-33-10-15-42-32-9-4-6-25(2)36(32)33)16-27-17-26-18-34-35(48-30(21-41-3)23-47-34)20-31(26)38(27)11-13-39(14-12-38,37(44)45)43-29-8-5-7-28(40)19-29/h5,7-8,10,15,18-20,24-25,27,30,41,43H,4,6,9,11-14,16-17,21-23H2,1-3H3,(H,44,45)/t24-,25-,27+,30-,38?,39?/m1/s1. The van der Waals surface area contributed by atoms with Crippen LogP contribution in [-0.2, 0) is 23.1 Å². The number of likely N-dealkylation sites (N-methyl/N-ethyl adjacent to an activating group) is 1. The van der Waals surface area contributed by atoms with Crippen LogP contribution < -0.4 is 24.8 Å². The Labute approximate surface area is 288 Å². The van der Waals surface area contributed by atoms with Crippen molar-refractivity contribution in [2.45, 2.75) is 94.6 Å². The van der Waals surface area contributed by atoms with E-state index in [0.29, 0.717) is 55.4 Å². The fraction of sp³-hybridized carbons (Fsp3) is 0.538. The van der Waals surface area contributed by atoms with Crippen LogP contribution in [0.25, 0.3) is 0 Å². The van der Waals surface area contributed by atoms with E-state index in [-0.39, 0.29) is 11.5 Å². The number of benzene rings is 2. The van der Waals surface area contributed by atoms with Gasteiger partial charge in [-0.1, -0.05) is 31.5 Å². The quantitative estimate of drug-likeness (QED) is 0.203. The Balaban J connectivity index is 1.15. The molecule has 4 atom stereocenters. The van der Waals surface area contributed by atoms with E-state index in [1.54, 1.807) is 12.1 Å². The summed E-state index contributed by atoms with van der Waals surface area (Å²) in [6.07, 6.45) is 9.64. The van der Waals surface area contributed by atoms with Gasteiger partial charge < -0.3 is 30.0 Å². The molecule has 0 radical (unpaired) electrons. The largest absolute Gasteiger partial charge is 0.493 e. The van der Waals surface area contributed by atoms with Crippen molar-refractivity contribution in [1.82, 2.24) is 10.3 Å². The molecule has 9 heteroatoms. The number of nitrogens with zero attached hydrogens (tertiary/aromatic N) is 1. The third kappa shape index (κ3) is 6.22. The summed E-state index contributed by atoms with van der Waals surface area (Å²) in [5.74, 6) is 2.87. The molecule has 48 heavy (non-hydrogen) atoms. The number of aliphatic carboxylic acids is 1. The van der Waals surface area contributed by atoms with E-state index in [4.69, 9.17) is 25.8 Å². The number of nitrogens with one attached hydrogen (secondary N) is 2. The van der Waals surface area contributed by atoms with Crippen LogP contribution in [0.2, 0.25) is 5.02 Å². The highest BCUT2D eigenvalue weighted by Crippen LogP contribution is 2.58. The van der Waals surface area contributed by atoms with Gasteiger partial charge in [-0.25, -0.2) is 4.79 Å². The Morgan fingerprint density at radius 3 is 2.77 bits per heavy atom. The monoisotopic (exact) mass is 673 g/mol. The topological polar surface area (TPSA) is 102 Å². The Kier molecular flexibility index (Phi) is 9.24. The number of pyridine rings is 1. The lowest BCUT2D eigenvalue weighted by Crippen LogP contribution is -2.53. The minimum atomic E-state index is -1.07. The predicted octanol–water partition coefficient (Wildman–Crippen LogP) is 7.56. The highest BCUT2D eigenvalue weighted by atomic mass is 35.5. The number of carboxylic acids is 1. The predicted molar refractivity (Wildman–Crippen MR) is 188 cm³/mol. The molecule has 1 aliphatic heterocycles. The minimum Gasteiger partial charge on any atom is -0.493 e. The van der Waals surface area contributed by atoms with Gasteiger partial charge in [-0.2, -0.15) is 0 Å². The molecule has 1 fully saturated rings. The first-order chi connectivity index (χ1) is 23.2. The minimum absolute atomic E-state index is 0.0552. The molecule has 8 nitrogen and oxygen atoms in total. The Bertz CT molecular complexity index is 1650. The van der Waals surface area contributed by atoms with Crippen LogP contribution in [0.3, 0.4) is 0 Å². The maximum atomic E-state index is 12.9. The van der Waals surface area contributed by atoms with Gasteiger partial charge in [-0.3, -0.25) is 4.98 Å². The number of aromatic nitrogens is 1. The summed E-state index contributed by atoms with van der Waals surface area (Å²) in [6.45, 7) is 6.43. The third-order valence-corrected chi connectivity index (χ3v) is 11.7. The number of hydrogen-bond donors (Lipinski definition) is 3. The van der Waals surface area contributed by atoms with Crippen molar-refractivity contribution in [3.63, 3.8) is 0 Å². The molecule has 1 saturated carbocycles. The first kappa shape index (κ1) is 33.0. The highest BCUT2D eigenvalue weighted by Gasteiger charge is 2.54. The Morgan fingerprint density at radius 1 is 1.17 bits per heavy atom. The van der Waals surface area contributed by atoms with Crippen LogP contribution in [0.5, 0.6) is 17.2 Å². The van der Waals surface area contributed by atoms with E-state index < -0.39 is 11.5 Å². The Morgan fingerprint density at radius 2 is 2.00 bits per heavy atom. The molecule has 3 aromatic rings. The zero-order valence-corrected chi connectivity index (χ0v) is 29.1. The lowest BCUT2D eigenvalue weighted by molar-refractivity contribution is -0.144. The van der Waals surface area contributed by atoms with Crippen LogP contribution >= 0.6 is 11.6 Å². The molecule has 0 saturated heterocycles. The molecule has 2 aromatic carbocycles. The van der Waals surface area contributed by atoms with Crippen LogP contribution in [0, 0.1) is 11.8 Å². The number of carboxylic acid groups (broad SMARTS) is 1. The maximum Gasteiger partial charge on any atom is 0.329 e. The van der Waals surface area contributed by atoms with Gasteiger partial charge in [-0.05, 0) is 136 Å². The second-order valence-corrected chi connectivity index (χ2v) is 15.2.